The van der Waals surface area contributed by atoms with E-state index in [1.807, 2.05) is 104 Å². The van der Waals surface area contributed by atoms with Gasteiger partial charge in [0.25, 0.3) is 0 Å². The minimum atomic E-state index is -1.12. The molecule has 88 heavy (non-hydrogen) atoms. The number of anilines is 3. The molecule has 0 aromatic heterocycles. The van der Waals surface area contributed by atoms with E-state index < -0.39 is 88.7 Å². The van der Waals surface area contributed by atoms with E-state index in [1.165, 1.54) is 11.8 Å². The topological polar surface area (TPSA) is 300 Å². The predicted molar refractivity (Wildman–Crippen MR) is 344 cm³/mol. The summed E-state index contributed by atoms with van der Waals surface area (Å²) >= 11 is 0. The number of urea groups is 1. The van der Waals surface area contributed by atoms with Gasteiger partial charge in [0.2, 0.25) is 35.4 Å². The van der Waals surface area contributed by atoms with Crippen LogP contribution >= 0.6 is 0 Å². The molecule has 0 aliphatic rings. The number of amides is 9. The molecule has 5 atom stereocenters. The Morgan fingerprint density at radius 1 is 0.727 bits per heavy atom. The van der Waals surface area contributed by atoms with E-state index in [0.717, 1.165) is 28.7 Å². The van der Waals surface area contributed by atoms with Crippen LogP contribution in [0.25, 0.3) is 6.08 Å². The first kappa shape index (κ1) is 71.6. The molecule has 1 unspecified atom stereocenters. The molecule has 0 saturated heterocycles. The molecule has 10 N–H and O–H groups in total. The van der Waals surface area contributed by atoms with E-state index in [1.54, 1.807) is 93.5 Å². The van der Waals surface area contributed by atoms with E-state index in [4.69, 9.17) is 10.5 Å². The molecule has 4 aromatic carbocycles. The summed E-state index contributed by atoms with van der Waals surface area (Å²) < 4.78 is 5.51. The molecule has 0 fully saturated rings. The van der Waals surface area contributed by atoms with Crippen LogP contribution in [0.2, 0.25) is 0 Å². The average Bonchev–Trinajstić information content (AvgIpc) is 2.73. The Labute approximate surface area is 518 Å². The van der Waals surface area contributed by atoms with Gasteiger partial charge in [-0.15, -0.1) is 0 Å². The number of nitrogens with two attached hydrogens (primary N) is 1. The maximum Gasteiger partial charge on any atom is 0.411 e. The minimum absolute atomic E-state index is 0.0844. The van der Waals surface area contributed by atoms with Gasteiger partial charge in [-0.25, -0.2) is 14.4 Å². The molecule has 4 rings (SSSR count). The first-order valence-electron chi connectivity index (χ1n) is 29.8. The minimum Gasteiger partial charge on any atom is -0.478 e. The van der Waals surface area contributed by atoms with Crippen LogP contribution < -0.4 is 47.9 Å². The Hall–Kier alpha value is -8.85. The molecule has 9 amide bonds. The maximum absolute atomic E-state index is 14.2. The Kier molecular flexibility index (Phi) is 27.1. The summed E-state index contributed by atoms with van der Waals surface area (Å²) in [7, 11) is 3.26. The van der Waals surface area contributed by atoms with Crippen LogP contribution in [0.5, 0.6) is 0 Å². The van der Waals surface area contributed by atoms with Gasteiger partial charge in [0.15, 0.2) is 0 Å². The zero-order chi connectivity index (χ0) is 65.6. The van der Waals surface area contributed by atoms with Gasteiger partial charge in [0.05, 0.1) is 24.3 Å². The Balaban J connectivity index is 1.37. The number of likely N-dealkylation sites (N-methyl/N-ethyl adjacent to an activating group) is 2. The van der Waals surface area contributed by atoms with Gasteiger partial charge in [-0.05, 0) is 109 Å². The molecule has 0 bridgehead atoms. The summed E-state index contributed by atoms with van der Waals surface area (Å²) in [5, 5.41) is 29.2. The van der Waals surface area contributed by atoms with Crippen LogP contribution in [-0.2, 0) is 63.3 Å². The van der Waals surface area contributed by atoms with Crippen molar-refractivity contribution in [2.75, 3.05) is 36.2 Å². The molecule has 4 aromatic rings. The lowest BCUT2D eigenvalue weighted by molar-refractivity contribution is -0.141. The van der Waals surface area contributed by atoms with Crippen molar-refractivity contribution in [3.63, 3.8) is 0 Å². The number of para-hydroxylation sites is 1. The van der Waals surface area contributed by atoms with Gasteiger partial charge >= 0.3 is 18.1 Å². The highest BCUT2D eigenvalue weighted by molar-refractivity contribution is 6.00. The summed E-state index contributed by atoms with van der Waals surface area (Å²) in [5.41, 5.74) is 9.40. The molecular formula is C67H92N10O11. The SMILES string of the molecule is C=Cc1ccccc1N(Cc1ccccc1CC)C(=O)CCC(=O)N[C@H](C(=O)N[C@@H](CCCNC(N)=O)C(=O)Nc1ccc(COC(=O)Nc2ccc(C(C)(C)C(NC)C(=O)N[C@H](C(=O)N(C)[C@H](/C=C(\C)C(=O)O)C(C)C)C(C)(C)C)cc2)cc1)C(C)C. The number of benzene rings is 4. The zero-order valence-corrected chi connectivity index (χ0v) is 53.3. The fourth-order valence-electron chi connectivity index (χ4n) is 10.1. The summed E-state index contributed by atoms with van der Waals surface area (Å²) in [6.45, 7) is 24.3. The van der Waals surface area contributed by atoms with Gasteiger partial charge in [-0.1, -0.05) is 155 Å². The molecule has 476 valence electrons. The third-order valence-electron chi connectivity index (χ3n) is 15.4. The lowest BCUT2D eigenvalue weighted by Crippen LogP contribution is -2.61. The highest BCUT2D eigenvalue weighted by Gasteiger charge is 2.42. The molecule has 0 radical (unpaired) electrons. The lowest BCUT2D eigenvalue weighted by Gasteiger charge is -2.40. The largest absolute Gasteiger partial charge is 0.478 e. The molecule has 0 saturated carbocycles. The van der Waals surface area contributed by atoms with E-state index in [-0.39, 0.29) is 68.7 Å². The highest BCUT2D eigenvalue weighted by Crippen LogP contribution is 2.31. The number of aryl methyl sites for hydroxylation is 1. The number of rotatable bonds is 31. The molecule has 0 spiro atoms. The number of hydrogen-bond acceptors (Lipinski definition) is 11. The van der Waals surface area contributed by atoms with Crippen LogP contribution in [0.3, 0.4) is 0 Å². The van der Waals surface area contributed by atoms with Gasteiger partial charge in [0, 0.05) is 48.8 Å². The second kappa shape index (κ2) is 33.3. The van der Waals surface area contributed by atoms with Crippen molar-refractivity contribution < 1.29 is 53.0 Å². The second-order valence-electron chi connectivity index (χ2n) is 24.2. The van der Waals surface area contributed by atoms with Crippen molar-refractivity contribution in [2.24, 2.45) is 23.0 Å². The first-order valence-corrected chi connectivity index (χ1v) is 29.8. The number of nitrogens with one attached hydrogen (secondary N) is 7. The Bertz CT molecular complexity index is 3120. The second-order valence-corrected chi connectivity index (χ2v) is 24.2. The summed E-state index contributed by atoms with van der Waals surface area (Å²) in [4.78, 5) is 123. The number of hydrogen-bond donors (Lipinski definition) is 9. The van der Waals surface area contributed by atoms with Crippen LogP contribution in [0.15, 0.2) is 115 Å². The number of ether oxygens (including phenoxy) is 1. The first-order chi connectivity index (χ1) is 41.4. The molecule has 21 nitrogen and oxygen atoms in total. The fourth-order valence-corrected chi connectivity index (χ4v) is 10.1. The lowest BCUT2D eigenvalue weighted by atomic mass is 9.76. The Morgan fingerprint density at radius 3 is 1.90 bits per heavy atom. The number of primary amides is 1. The summed E-state index contributed by atoms with van der Waals surface area (Å²) in [5.74, 6) is -4.45. The van der Waals surface area contributed by atoms with E-state index in [9.17, 15) is 48.3 Å². The average molecular weight is 1210 g/mol. The van der Waals surface area contributed by atoms with Crippen molar-refractivity contribution >= 4 is 76.7 Å². The van der Waals surface area contributed by atoms with Crippen LogP contribution in [0, 0.1) is 17.3 Å². The zero-order valence-electron chi connectivity index (χ0n) is 53.3. The van der Waals surface area contributed by atoms with Gasteiger partial charge in [0.1, 0.15) is 24.7 Å². The van der Waals surface area contributed by atoms with Gasteiger partial charge < -0.3 is 57.3 Å². The standard InChI is InChI=1S/C67H92N10O11/c1-15-45-22-17-18-24-47(45)39-77(52-26-20-19-23-46(52)16-2)55(79)36-35-54(78)74-56(42(5)6)60(81)73-51(25-21-37-70-64(68)86)59(80)71-49-31-27-44(28-32-49)40-88-65(87)72-50-33-29-48(30-34-50)67(11,12)57(69-13)61(82)75-58(66(8,9)10)62(83)76(14)53(41(3)4)38-43(7)63(84)85/h16-20,22-24,26-34,38,41-42,51,53,56-58,69H,2,15,21,25,35-37,39-40H2,1,3-14H3,(H,71,80)(H,72,87)(H,73,81)(H,74,78)(H,75,82)(H,84,85)(H3,68,70,86)/b43-38+/t51-,53+,56-,57?,58+/m0/s1. The van der Waals surface area contributed by atoms with Crippen LogP contribution in [0.1, 0.15) is 130 Å². The van der Waals surface area contributed by atoms with E-state index >= 15 is 0 Å². The number of nitrogens with zero attached hydrogens (tertiary/aromatic N) is 2. The molecule has 0 heterocycles. The summed E-state index contributed by atoms with van der Waals surface area (Å²) in [6.07, 6.45) is 3.21. The number of carboxylic acid groups (broad SMARTS) is 1. The third-order valence-corrected chi connectivity index (χ3v) is 15.4. The fraction of sp³-hybridized carbons (Fsp3) is 0.448. The van der Waals surface area contributed by atoms with Crippen LogP contribution in [0.4, 0.5) is 26.7 Å². The molecule has 21 heteroatoms. The Morgan fingerprint density at radius 2 is 1.33 bits per heavy atom. The smallest absolute Gasteiger partial charge is 0.411 e. The third kappa shape index (κ3) is 20.9. The monoisotopic (exact) mass is 1210 g/mol. The highest BCUT2D eigenvalue weighted by atomic mass is 16.5. The van der Waals surface area contributed by atoms with Gasteiger partial charge in [-0.2, -0.15) is 0 Å². The normalized spacial score (nSPS) is 13.4. The van der Waals surface area contributed by atoms with E-state index in [2.05, 4.69) is 43.8 Å². The summed E-state index contributed by atoms with van der Waals surface area (Å²) in [6, 6.07) is 23.4. The maximum atomic E-state index is 14.2. The molecule has 0 aliphatic heterocycles. The van der Waals surface area contributed by atoms with Gasteiger partial charge in [-0.3, -0.25) is 34.1 Å². The predicted octanol–water partition coefficient (Wildman–Crippen LogP) is 8.58. The number of carbonyl (C=O) groups excluding carboxylic acids is 8. The van der Waals surface area contributed by atoms with Crippen LogP contribution in [-0.4, -0.2) is 114 Å². The van der Waals surface area contributed by atoms with Crippen molar-refractivity contribution in [1.29, 1.82) is 0 Å². The van der Waals surface area contributed by atoms with Crippen molar-refractivity contribution in [3.05, 3.63) is 143 Å². The van der Waals surface area contributed by atoms with E-state index in [0.29, 0.717) is 22.6 Å². The number of aliphatic carboxylic acids is 1. The van der Waals surface area contributed by atoms with Crippen molar-refractivity contribution in [3.8, 4) is 0 Å². The number of carboxylic acids is 1. The quantitative estimate of drug-likeness (QED) is 0.0169. The number of carbonyl (C=O) groups is 9. The molecular weight excluding hydrogens is 1120 g/mol. The van der Waals surface area contributed by atoms with Crippen molar-refractivity contribution in [1.82, 2.24) is 31.5 Å². The molecule has 0 aliphatic carbocycles. The van der Waals surface area contributed by atoms with Crippen molar-refractivity contribution in [2.45, 2.75) is 157 Å².